The van der Waals surface area contributed by atoms with Crippen molar-refractivity contribution in [2.75, 3.05) is 7.11 Å². The van der Waals surface area contributed by atoms with Gasteiger partial charge in [-0.3, -0.25) is 9.59 Å². The van der Waals surface area contributed by atoms with Gasteiger partial charge in [-0.25, -0.2) is 0 Å². The average molecular weight is 402 g/mol. The fourth-order valence-corrected chi connectivity index (χ4v) is 6.05. The van der Waals surface area contributed by atoms with Crippen LogP contribution in [0.1, 0.15) is 73.1 Å². The summed E-state index contributed by atoms with van der Waals surface area (Å²) < 4.78 is 5.68. The molecule has 0 radical (unpaired) electrons. The molecule has 3 aliphatic rings. The number of carbonyl (C=O) groups is 2. The van der Waals surface area contributed by atoms with E-state index in [1.807, 2.05) is 0 Å². The molecule has 3 rings (SSSR count). The molecule has 4 heteroatoms. The molecule has 1 amide bonds. The summed E-state index contributed by atoms with van der Waals surface area (Å²) in [7, 11) is 1.69. The van der Waals surface area contributed by atoms with Gasteiger partial charge < -0.3 is 10.1 Å². The second-order valence-corrected chi connectivity index (χ2v) is 10.1. The molecule has 29 heavy (non-hydrogen) atoms. The highest BCUT2D eigenvalue weighted by atomic mass is 16.5. The summed E-state index contributed by atoms with van der Waals surface area (Å²) in [5.41, 5.74) is 1.59. The molecule has 6 unspecified atom stereocenters. The van der Waals surface area contributed by atoms with Crippen LogP contribution < -0.4 is 5.32 Å². The third kappa shape index (κ3) is 3.97. The topological polar surface area (TPSA) is 55.4 Å². The first-order chi connectivity index (χ1) is 13.7. The number of ketones is 1. The van der Waals surface area contributed by atoms with Gasteiger partial charge in [-0.2, -0.15) is 0 Å². The van der Waals surface area contributed by atoms with Crippen molar-refractivity contribution in [1.82, 2.24) is 5.32 Å². The van der Waals surface area contributed by atoms with Crippen LogP contribution in [0.4, 0.5) is 0 Å². The van der Waals surface area contributed by atoms with E-state index in [-0.39, 0.29) is 41.6 Å². The number of nitrogens with one attached hydrogen (secondary N) is 1. The molecular weight excluding hydrogens is 362 g/mol. The van der Waals surface area contributed by atoms with Crippen LogP contribution >= 0.6 is 0 Å². The first kappa shape index (κ1) is 22.3. The number of rotatable bonds is 3. The maximum Gasteiger partial charge on any atom is 0.235 e. The van der Waals surface area contributed by atoms with Crippen LogP contribution in [0, 0.1) is 29.1 Å². The number of allylic oxidation sites excluding steroid dienone is 4. The lowest BCUT2D eigenvalue weighted by Gasteiger charge is -2.45. The second-order valence-electron chi connectivity index (χ2n) is 10.1. The maximum absolute atomic E-state index is 14.0. The van der Waals surface area contributed by atoms with Crippen molar-refractivity contribution in [2.24, 2.45) is 29.1 Å². The number of Topliss-reactive ketones (excluding diaryl/α,β-unsaturated/α-hetero) is 1. The molecule has 6 atom stereocenters. The van der Waals surface area contributed by atoms with E-state index in [9.17, 15) is 9.59 Å². The Kier molecular flexibility index (Phi) is 6.72. The van der Waals surface area contributed by atoms with Crippen molar-refractivity contribution >= 4 is 11.7 Å². The molecule has 4 nitrogen and oxygen atoms in total. The van der Waals surface area contributed by atoms with Gasteiger partial charge in [0.1, 0.15) is 5.41 Å². The van der Waals surface area contributed by atoms with E-state index >= 15 is 0 Å². The minimum atomic E-state index is -0.999. The molecule has 0 aromatic rings. The molecule has 162 valence electrons. The highest BCUT2D eigenvalue weighted by Gasteiger charge is 2.65. The van der Waals surface area contributed by atoms with E-state index in [0.717, 1.165) is 32.1 Å². The molecule has 1 fully saturated rings. The van der Waals surface area contributed by atoms with Crippen molar-refractivity contribution in [3.05, 3.63) is 23.3 Å². The Hall–Kier alpha value is -1.42. The van der Waals surface area contributed by atoms with Crippen LogP contribution in [-0.2, 0) is 14.3 Å². The Balaban J connectivity index is 2.16. The monoisotopic (exact) mass is 401 g/mol. The van der Waals surface area contributed by atoms with Crippen LogP contribution in [0.2, 0.25) is 0 Å². The Morgan fingerprint density at radius 2 is 1.93 bits per heavy atom. The van der Waals surface area contributed by atoms with Crippen molar-refractivity contribution in [1.29, 1.82) is 0 Å². The molecular formula is C25H39NO3. The van der Waals surface area contributed by atoms with Gasteiger partial charge in [-0.1, -0.05) is 50.5 Å². The van der Waals surface area contributed by atoms with Crippen molar-refractivity contribution in [3.8, 4) is 0 Å². The number of methoxy groups -OCH3 is 1. The largest absolute Gasteiger partial charge is 0.381 e. The summed E-state index contributed by atoms with van der Waals surface area (Å²) >= 11 is 0. The number of amides is 1. The van der Waals surface area contributed by atoms with Crippen LogP contribution in [0.25, 0.3) is 0 Å². The summed E-state index contributed by atoms with van der Waals surface area (Å²) in [5.74, 6) is 0.527. The van der Waals surface area contributed by atoms with Crippen LogP contribution in [0.15, 0.2) is 23.3 Å². The molecule has 0 saturated carbocycles. The minimum absolute atomic E-state index is 0.00205. The molecule has 1 saturated heterocycles. The third-order valence-corrected chi connectivity index (χ3v) is 7.62. The van der Waals surface area contributed by atoms with Crippen molar-refractivity contribution in [3.63, 3.8) is 0 Å². The number of hydrogen-bond acceptors (Lipinski definition) is 3. The maximum atomic E-state index is 14.0. The standard InChI is InChI=1S/C25H39NO3/c1-15(2)11-21-23-18(5)17(4)13-19-12-16(3)9-7-8-10-20(29-6)14-22(27)25(19,23)24(28)26-21/h12-13,15,18-21,23H,7-11,14H2,1-6H3,(H,26,28)/b16-12+. The lowest BCUT2D eigenvalue weighted by atomic mass is 9.54. The lowest BCUT2D eigenvalue weighted by Crippen LogP contribution is -2.53. The Morgan fingerprint density at radius 1 is 1.21 bits per heavy atom. The first-order valence-electron chi connectivity index (χ1n) is 11.4. The lowest BCUT2D eigenvalue weighted by molar-refractivity contribution is -0.146. The predicted molar refractivity (Wildman–Crippen MR) is 116 cm³/mol. The molecule has 1 aliphatic heterocycles. The molecule has 2 aliphatic carbocycles. The van der Waals surface area contributed by atoms with Crippen LogP contribution in [-0.4, -0.2) is 30.9 Å². The van der Waals surface area contributed by atoms with Crippen molar-refractivity contribution in [2.45, 2.75) is 85.3 Å². The van der Waals surface area contributed by atoms with Gasteiger partial charge in [0, 0.05) is 31.4 Å². The molecule has 0 aromatic carbocycles. The smallest absolute Gasteiger partial charge is 0.235 e. The van der Waals surface area contributed by atoms with Gasteiger partial charge in [-0.15, -0.1) is 0 Å². The Labute approximate surface area is 176 Å². The summed E-state index contributed by atoms with van der Waals surface area (Å²) in [6.45, 7) is 10.9. The quantitative estimate of drug-likeness (QED) is 0.544. The summed E-state index contributed by atoms with van der Waals surface area (Å²) in [5, 5.41) is 3.28. The highest BCUT2D eigenvalue weighted by Crippen LogP contribution is 2.55. The van der Waals surface area contributed by atoms with E-state index in [0.29, 0.717) is 12.3 Å². The zero-order valence-corrected chi connectivity index (χ0v) is 19.1. The van der Waals surface area contributed by atoms with E-state index in [4.69, 9.17) is 4.74 Å². The van der Waals surface area contributed by atoms with E-state index in [2.05, 4.69) is 52.1 Å². The molecule has 0 aromatic heterocycles. The second kappa shape index (κ2) is 8.75. The van der Waals surface area contributed by atoms with Crippen LogP contribution in [0.3, 0.4) is 0 Å². The molecule has 1 heterocycles. The normalized spacial score (nSPS) is 40.3. The average Bonchev–Trinajstić information content (AvgIpc) is 2.92. The molecule has 1 spiro atoms. The van der Waals surface area contributed by atoms with Crippen molar-refractivity contribution < 1.29 is 14.3 Å². The van der Waals surface area contributed by atoms with Gasteiger partial charge >= 0.3 is 0 Å². The zero-order valence-electron chi connectivity index (χ0n) is 19.1. The third-order valence-electron chi connectivity index (χ3n) is 7.62. The van der Waals surface area contributed by atoms with E-state index in [1.54, 1.807) is 7.11 Å². The summed E-state index contributed by atoms with van der Waals surface area (Å²) in [4.78, 5) is 27.6. The fraction of sp³-hybridized carbons (Fsp3) is 0.760. The number of ether oxygens (including phenoxy) is 1. The molecule has 1 N–H and O–H groups in total. The fourth-order valence-electron chi connectivity index (χ4n) is 6.05. The van der Waals surface area contributed by atoms with Gasteiger partial charge in [0.25, 0.3) is 0 Å². The summed E-state index contributed by atoms with van der Waals surface area (Å²) in [6, 6.07) is 0.0485. The van der Waals surface area contributed by atoms with E-state index < -0.39 is 5.41 Å². The number of carbonyl (C=O) groups excluding carboxylic acids is 2. The summed E-state index contributed by atoms with van der Waals surface area (Å²) in [6.07, 6.45) is 9.61. The SMILES string of the molecule is COC1CCCC/C(C)=C/C2C=C(C)C(C)C3C(CC(C)C)NC(=O)C23C(=O)C1. The predicted octanol–water partition coefficient (Wildman–Crippen LogP) is 4.84. The Bertz CT molecular complexity index is 707. The van der Waals surface area contributed by atoms with Gasteiger partial charge in [-0.05, 0) is 51.4 Å². The van der Waals surface area contributed by atoms with E-state index in [1.165, 1.54) is 11.1 Å². The van der Waals surface area contributed by atoms with Gasteiger partial charge in [0.15, 0.2) is 5.78 Å². The van der Waals surface area contributed by atoms with Gasteiger partial charge in [0.05, 0.1) is 6.10 Å². The molecule has 0 bridgehead atoms. The first-order valence-corrected chi connectivity index (χ1v) is 11.4. The Morgan fingerprint density at radius 3 is 2.59 bits per heavy atom. The zero-order chi connectivity index (χ0) is 21.3. The number of hydrogen-bond donors (Lipinski definition) is 1. The van der Waals surface area contributed by atoms with Gasteiger partial charge in [0.2, 0.25) is 5.91 Å². The highest BCUT2D eigenvalue weighted by molar-refractivity contribution is 6.09. The minimum Gasteiger partial charge on any atom is -0.381 e. The van der Waals surface area contributed by atoms with Crippen LogP contribution in [0.5, 0.6) is 0 Å².